The number of amidine groups is 2. The Balaban J connectivity index is 1.04. The Hall–Kier alpha value is -7.11. The van der Waals surface area contributed by atoms with Gasteiger partial charge >= 0.3 is 0 Å². The van der Waals surface area contributed by atoms with Crippen LogP contribution < -0.4 is 0 Å². The molecule has 0 amide bonds. The summed E-state index contributed by atoms with van der Waals surface area (Å²) >= 11 is 0. The van der Waals surface area contributed by atoms with Crippen molar-refractivity contribution in [2.24, 2.45) is 4.99 Å². The Morgan fingerprint density at radius 1 is 0.404 bits per heavy atom. The molecule has 5 nitrogen and oxygen atoms in total. The predicted molar refractivity (Wildman–Crippen MR) is 211 cm³/mol. The number of para-hydroxylation sites is 2. The zero-order valence-corrected chi connectivity index (χ0v) is 27.8. The molecule has 242 valence electrons. The fourth-order valence-electron chi connectivity index (χ4n) is 7.87. The molecule has 0 spiro atoms. The molecular weight excluding hydrogens is 639 g/mol. The summed E-state index contributed by atoms with van der Waals surface area (Å²) in [6.45, 7) is 0. The first-order valence-corrected chi connectivity index (χ1v) is 17.4. The number of hydrogen-bond donors (Lipinski definition) is 0. The molecule has 0 bridgehead atoms. The van der Waals surface area contributed by atoms with Crippen molar-refractivity contribution in [3.63, 3.8) is 0 Å². The second-order valence-electron chi connectivity index (χ2n) is 13.1. The monoisotopic (exact) mass is 666 g/mol. The largest absolute Gasteiger partial charge is 0.456 e. The number of benzene rings is 7. The van der Waals surface area contributed by atoms with Gasteiger partial charge in [0.15, 0.2) is 0 Å². The van der Waals surface area contributed by atoms with Crippen LogP contribution in [0.5, 0.6) is 0 Å². The molecule has 5 heteroatoms. The fraction of sp³-hybridized carbons (Fsp3) is 0. The molecule has 4 heterocycles. The Labute approximate surface area is 298 Å². The summed E-state index contributed by atoms with van der Waals surface area (Å²) in [6, 6.07) is 57.1. The minimum absolute atomic E-state index is 0.611. The van der Waals surface area contributed by atoms with E-state index in [1.54, 1.807) is 0 Å². The summed E-state index contributed by atoms with van der Waals surface area (Å²) in [6.07, 6.45) is 1.81. The minimum atomic E-state index is 0.611. The molecule has 0 aliphatic carbocycles. The van der Waals surface area contributed by atoms with Crippen LogP contribution in [-0.4, -0.2) is 21.2 Å². The Morgan fingerprint density at radius 3 is 1.81 bits per heavy atom. The van der Waals surface area contributed by atoms with Crippen molar-refractivity contribution in [1.82, 2.24) is 4.98 Å². The smallest absolute Gasteiger partial charge is 0.279 e. The maximum Gasteiger partial charge on any atom is 0.279 e. The zero-order chi connectivity index (χ0) is 34.2. The van der Waals surface area contributed by atoms with E-state index in [9.17, 15) is 0 Å². The molecule has 0 fully saturated rings. The van der Waals surface area contributed by atoms with Crippen LogP contribution in [0.15, 0.2) is 184 Å². The predicted octanol–water partition coefficient (Wildman–Crippen LogP) is 11.9. The first kappa shape index (κ1) is 28.7. The van der Waals surface area contributed by atoms with E-state index in [4.69, 9.17) is 13.8 Å². The molecule has 3 aromatic heterocycles. The summed E-state index contributed by atoms with van der Waals surface area (Å²) in [5.74, 6) is 1.77. The third kappa shape index (κ3) is 4.26. The van der Waals surface area contributed by atoms with Gasteiger partial charge in [-0.15, -0.1) is 0 Å². The quantitative estimate of drug-likeness (QED) is 0.172. The minimum Gasteiger partial charge on any atom is -0.456 e. The zero-order valence-electron chi connectivity index (χ0n) is 27.8. The second-order valence-corrected chi connectivity index (χ2v) is 13.1. The lowest BCUT2D eigenvalue weighted by Crippen LogP contribution is -2.34. The van der Waals surface area contributed by atoms with Gasteiger partial charge in [0.05, 0.1) is 16.5 Å². The van der Waals surface area contributed by atoms with Gasteiger partial charge in [-0.05, 0) is 81.6 Å². The van der Waals surface area contributed by atoms with Gasteiger partial charge in [-0.3, -0.25) is 0 Å². The normalized spacial score (nSPS) is 13.0. The van der Waals surface area contributed by atoms with Crippen molar-refractivity contribution in [2.75, 3.05) is 0 Å². The van der Waals surface area contributed by atoms with Crippen molar-refractivity contribution in [1.29, 1.82) is 0 Å². The first-order chi connectivity index (χ1) is 25.8. The van der Waals surface area contributed by atoms with Gasteiger partial charge in [-0.2, -0.15) is 4.58 Å². The highest BCUT2D eigenvalue weighted by Gasteiger charge is 2.35. The number of hydrogen-bond acceptors (Lipinski definition) is 4. The molecule has 7 aromatic carbocycles. The summed E-state index contributed by atoms with van der Waals surface area (Å²) in [5, 5.41) is 6.68. The van der Waals surface area contributed by atoms with Gasteiger partial charge in [-0.25, -0.2) is 4.98 Å². The number of rotatable bonds is 5. The van der Waals surface area contributed by atoms with E-state index < -0.39 is 0 Å². The molecule has 0 unspecified atom stereocenters. The maximum absolute atomic E-state index is 6.25. The fourth-order valence-corrected chi connectivity index (χ4v) is 7.87. The molecule has 10 aromatic rings. The number of fused-ring (bicyclic) bond motifs is 7. The van der Waals surface area contributed by atoms with E-state index in [-0.39, 0.29) is 0 Å². The van der Waals surface area contributed by atoms with Gasteiger partial charge in [-0.1, -0.05) is 120 Å². The number of pyridine rings is 1. The van der Waals surface area contributed by atoms with Gasteiger partial charge in [0.25, 0.3) is 11.7 Å². The van der Waals surface area contributed by atoms with Crippen molar-refractivity contribution in [3.8, 4) is 22.3 Å². The molecule has 0 radical (unpaired) electrons. The van der Waals surface area contributed by atoms with E-state index in [0.717, 1.165) is 72.3 Å². The summed E-state index contributed by atoms with van der Waals surface area (Å²) in [4.78, 5) is 9.72. The highest BCUT2D eigenvalue weighted by atomic mass is 16.3. The van der Waals surface area contributed by atoms with E-state index in [1.165, 1.54) is 27.5 Å². The Kier molecular flexibility index (Phi) is 6.18. The number of aliphatic imine (C=N–C) groups is 1. The molecule has 0 N–H and O–H groups in total. The van der Waals surface area contributed by atoms with Crippen LogP contribution in [0.1, 0.15) is 11.1 Å². The van der Waals surface area contributed by atoms with E-state index in [2.05, 4.69) is 125 Å². The molecule has 11 rings (SSSR count). The third-order valence-electron chi connectivity index (χ3n) is 10.2. The molecule has 1 aliphatic heterocycles. The van der Waals surface area contributed by atoms with Crippen molar-refractivity contribution in [3.05, 3.63) is 181 Å². The first-order valence-electron chi connectivity index (χ1n) is 17.4. The van der Waals surface area contributed by atoms with E-state index in [0.29, 0.717) is 5.71 Å². The van der Waals surface area contributed by atoms with Crippen LogP contribution in [-0.2, 0) is 0 Å². The lowest BCUT2D eigenvalue weighted by atomic mass is 9.91. The van der Waals surface area contributed by atoms with Crippen molar-refractivity contribution < 1.29 is 13.4 Å². The van der Waals surface area contributed by atoms with Crippen LogP contribution in [0.2, 0.25) is 0 Å². The van der Waals surface area contributed by atoms with Crippen molar-refractivity contribution >= 4 is 72.1 Å². The lowest BCUT2D eigenvalue weighted by Gasteiger charge is -2.20. The molecular formula is C47H28N3O2+. The number of aromatic nitrogens is 1. The number of furan rings is 2. The standard InChI is InChI=1S/C47H28N3O2/c1-2-11-30(12-3-1)45-49-46(50(45)39-27-28-48-47-44(39)38-14-5-7-21-41(38)52-47)31-25-23-29(24-26-31)32-15-8-17-34-33(32)16-9-18-35(34)36-19-10-22-42-43(36)37-13-4-6-20-40(37)51-42/h1-28H/q+1. The molecule has 0 saturated carbocycles. The Bertz CT molecular complexity index is 3110. The molecule has 52 heavy (non-hydrogen) atoms. The third-order valence-corrected chi connectivity index (χ3v) is 10.2. The van der Waals surface area contributed by atoms with E-state index >= 15 is 0 Å². The van der Waals surface area contributed by atoms with Gasteiger partial charge in [0, 0.05) is 22.4 Å². The summed E-state index contributed by atoms with van der Waals surface area (Å²) in [5.41, 5.74) is 11.0. The van der Waals surface area contributed by atoms with Crippen LogP contribution in [0.25, 0.3) is 77.0 Å². The van der Waals surface area contributed by atoms with Gasteiger partial charge < -0.3 is 8.83 Å². The van der Waals surface area contributed by atoms with Gasteiger partial charge in [0.2, 0.25) is 5.71 Å². The summed E-state index contributed by atoms with van der Waals surface area (Å²) in [7, 11) is 0. The van der Waals surface area contributed by atoms with Crippen LogP contribution in [0.4, 0.5) is 5.69 Å². The Morgan fingerprint density at radius 2 is 1.00 bits per heavy atom. The van der Waals surface area contributed by atoms with Crippen LogP contribution in [0, 0.1) is 0 Å². The molecule has 0 saturated heterocycles. The molecule has 1 aliphatic rings. The number of nitrogens with zero attached hydrogens (tertiary/aromatic N) is 3. The summed E-state index contributed by atoms with van der Waals surface area (Å²) < 4.78 is 14.7. The molecule has 0 atom stereocenters. The SMILES string of the molecule is c1ccc(C2=NC(c3ccc(-c4cccc5c(-c6cccc7oc8ccccc8c67)cccc45)cc3)=[N+]2c2ccnc3oc4ccccc4c23)cc1. The lowest BCUT2D eigenvalue weighted by molar-refractivity contribution is -0.317. The van der Waals surface area contributed by atoms with Gasteiger partial charge in [0.1, 0.15) is 22.4 Å². The van der Waals surface area contributed by atoms with Crippen molar-refractivity contribution in [2.45, 2.75) is 0 Å². The maximum atomic E-state index is 6.25. The average molecular weight is 667 g/mol. The topological polar surface area (TPSA) is 54.5 Å². The second kappa shape index (κ2) is 11.2. The van der Waals surface area contributed by atoms with Crippen LogP contribution >= 0.6 is 0 Å². The average Bonchev–Trinajstić information content (AvgIpc) is 3.77. The van der Waals surface area contributed by atoms with E-state index in [1.807, 2.05) is 54.7 Å². The highest BCUT2D eigenvalue weighted by molar-refractivity contribution is 6.19. The highest BCUT2D eigenvalue weighted by Crippen LogP contribution is 2.41. The van der Waals surface area contributed by atoms with Crippen LogP contribution in [0.3, 0.4) is 0 Å².